The van der Waals surface area contributed by atoms with Gasteiger partial charge in [-0.2, -0.15) is 0 Å². The van der Waals surface area contributed by atoms with E-state index in [1.165, 1.54) is 11.3 Å². The van der Waals surface area contributed by atoms with Crippen molar-refractivity contribution in [2.24, 2.45) is 88.8 Å². The van der Waals surface area contributed by atoms with E-state index in [0.29, 0.717) is 53.3 Å². The summed E-state index contributed by atoms with van der Waals surface area (Å²) in [6, 6.07) is 0.0806. The molecule has 2 aliphatic heterocycles. The molecule has 0 aromatic heterocycles. The number of hydrogen-bond acceptors (Lipinski definition) is 4. The average Bonchev–Trinajstić information content (AvgIpc) is 3.14. The number of nitrogens with zero attached hydrogens (tertiary/aromatic N) is 2. The summed E-state index contributed by atoms with van der Waals surface area (Å²) in [4.78, 5) is 59.3. The minimum Gasteiger partial charge on any atom is -0.285 e. The number of hydrogen-bond donors (Lipinski definition) is 0. The van der Waals surface area contributed by atoms with E-state index in [1.807, 2.05) is 4.90 Å². The lowest BCUT2D eigenvalue weighted by Crippen LogP contribution is -2.69. The Morgan fingerprint density at radius 2 is 1.02 bits per heavy atom. The molecule has 2 saturated heterocycles. The maximum absolute atomic E-state index is 14.6. The van der Waals surface area contributed by atoms with Crippen LogP contribution in [0, 0.1) is 88.8 Å². The fourth-order valence-electron chi connectivity index (χ4n) is 14.0. The second-order valence-electron chi connectivity index (χ2n) is 16.8. The summed E-state index contributed by atoms with van der Waals surface area (Å²) in [5, 5.41) is 0. The molecule has 0 spiro atoms. The summed E-state index contributed by atoms with van der Waals surface area (Å²) >= 11 is 0. The lowest BCUT2D eigenvalue weighted by Gasteiger charge is -2.67. The molecule has 0 bridgehead atoms. The van der Waals surface area contributed by atoms with Crippen LogP contribution in [0.3, 0.4) is 0 Å². The number of likely N-dealkylation sites (tertiary alicyclic amines) is 2. The number of fused-ring (bicyclic) bond motifs is 2. The van der Waals surface area contributed by atoms with Gasteiger partial charge >= 0.3 is 0 Å². The minimum atomic E-state index is 0.0146. The first-order chi connectivity index (χ1) is 20.7. The molecule has 2 heterocycles. The van der Waals surface area contributed by atoms with E-state index in [9.17, 15) is 19.2 Å². The van der Waals surface area contributed by atoms with Crippen molar-refractivity contribution in [3.05, 3.63) is 0 Å². The number of piperidine rings is 2. The van der Waals surface area contributed by atoms with Crippen molar-refractivity contribution in [1.29, 1.82) is 0 Å². The summed E-state index contributed by atoms with van der Waals surface area (Å²) < 4.78 is 0. The molecule has 6 nitrogen and oxygen atoms in total. The van der Waals surface area contributed by atoms with E-state index in [-0.39, 0.29) is 65.2 Å². The molecule has 8 rings (SSSR count). The number of rotatable bonds is 3. The molecule has 4 amide bonds. The third kappa shape index (κ3) is 3.88. The zero-order valence-corrected chi connectivity index (χ0v) is 27.0. The molecule has 236 valence electrons. The molecule has 8 fully saturated rings. The molecule has 6 heteroatoms. The van der Waals surface area contributed by atoms with Gasteiger partial charge in [0.2, 0.25) is 23.6 Å². The second kappa shape index (κ2) is 10.4. The van der Waals surface area contributed by atoms with E-state index in [1.54, 1.807) is 7.05 Å². The van der Waals surface area contributed by atoms with Crippen LogP contribution in [-0.2, 0) is 19.2 Å². The summed E-state index contributed by atoms with van der Waals surface area (Å²) in [6.07, 6.45) is 13.6. The van der Waals surface area contributed by atoms with Crippen molar-refractivity contribution < 1.29 is 19.2 Å². The number of carbonyl (C=O) groups excluding carboxylic acids is 4. The van der Waals surface area contributed by atoms with Crippen LogP contribution in [0.25, 0.3) is 0 Å². The summed E-state index contributed by atoms with van der Waals surface area (Å²) in [6.45, 7) is 7.02. The zero-order valence-electron chi connectivity index (χ0n) is 27.0. The molecule has 12 atom stereocenters. The molecule has 8 aliphatic rings. The molecular formula is C37H54N2O4. The van der Waals surface area contributed by atoms with Gasteiger partial charge in [0, 0.05) is 36.8 Å². The topological polar surface area (TPSA) is 74.8 Å². The van der Waals surface area contributed by atoms with Crippen LogP contribution in [0.5, 0.6) is 0 Å². The third-order valence-corrected chi connectivity index (χ3v) is 15.7. The number of imide groups is 2. The van der Waals surface area contributed by atoms with Crippen LogP contribution in [0.2, 0.25) is 0 Å². The largest absolute Gasteiger partial charge is 0.285 e. The lowest BCUT2D eigenvalue weighted by atomic mass is 9.38. The predicted octanol–water partition coefficient (Wildman–Crippen LogP) is 6.18. The van der Waals surface area contributed by atoms with Crippen molar-refractivity contribution in [3.8, 4) is 0 Å². The minimum absolute atomic E-state index is 0.0146. The second-order valence-corrected chi connectivity index (χ2v) is 16.8. The van der Waals surface area contributed by atoms with E-state index in [4.69, 9.17) is 0 Å². The van der Waals surface area contributed by atoms with Crippen molar-refractivity contribution in [2.75, 3.05) is 7.05 Å². The van der Waals surface area contributed by atoms with Crippen LogP contribution in [0.15, 0.2) is 0 Å². The smallest absolute Gasteiger partial charge is 0.232 e. The van der Waals surface area contributed by atoms with Gasteiger partial charge in [0.25, 0.3) is 0 Å². The third-order valence-electron chi connectivity index (χ3n) is 15.7. The van der Waals surface area contributed by atoms with Gasteiger partial charge in [-0.05, 0) is 129 Å². The van der Waals surface area contributed by atoms with Gasteiger partial charge in [0.15, 0.2) is 0 Å². The van der Waals surface area contributed by atoms with Crippen LogP contribution in [0.4, 0.5) is 0 Å². The Bertz CT molecular complexity index is 1130. The van der Waals surface area contributed by atoms with Gasteiger partial charge < -0.3 is 0 Å². The van der Waals surface area contributed by atoms with Crippen molar-refractivity contribution in [3.63, 3.8) is 0 Å². The van der Waals surface area contributed by atoms with Crippen LogP contribution in [-0.4, -0.2) is 46.5 Å². The first-order valence-corrected chi connectivity index (χ1v) is 18.4. The van der Waals surface area contributed by atoms with Gasteiger partial charge in [-0.3, -0.25) is 29.0 Å². The Labute approximate surface area is 258 Å². The Morgan fingerprint density at radius 1 is 0.581 bits per heavy atom. The Balaban J connectivity index is 1.12. The molecule has 43 heavy (non-hydrogen) atoms. The lowest BCUT2D eigenvalue weighted by molar-refractivity contribution is -0.211. The van der Waals surface area contributed by atoms with Crippen molar-refractivity contribution >= 4 is 23.6 Å². The van der Waals surface area contributed by atoms with Crippen LogP contribution in [0.1, 0.15) is 104 Å². The maximum atomic E-state index is 14.6. The van der Waals surface area contributed by atoms with Crippen LogP contribution >= 0.6 is 0 Å². The quantitative estimate of drug-likeness (QED) is 0.291. The zero-order chi connectivity index (χ0) is 29.9. The highest BCUT2D eigenvalue weighted by molar-refractivity contribution is 6.01. The van der Waals surface area contributed by atoms with E-state index in [0.717, 1.165) is 77.0 Å². The van der Waals surface area contributed by atoms with Gasteiger partial charge in [0.05, 0.1) is 0 Å². The van der Waals surface area contributed by atoms with E-state index >= 15 is 0 Å². The fourth-order valence-corrected chi connectivity index (χ4v) is 14.0. The highest BCUT2D eigenvalue weighted by Gasteiger charge is 2.68. The van der Waals surface area contributed by atoms with Gasteiger partial charge in [-0.15, -0.1) is 0 Å². The Kier molecular flexibility index (Phi) is 6.95. The highest BCUT2D eigenvalue weighted by Crippen LogP contribution is 2.69. The van der Waals surface area contributed by atoms with E-state index in [2.05, 4.69) is 20.8 Å². The Morgan fingerprint density at radius 3 is 1.47 bits per heavy atom. The first kappa shape index (κ1) is 28.7. The van der Waals surface area contributed by atoms with E-state index < -0.39 is 0 Å². The average molecular weight is 591 g/mol. The summed E-state index contributed by atoms with van der Waals surface area (Å²) in [5.74, 6) is 5.83. The molecule has 6 aliphatic carbocycles. The van der Waals surface area contributed by atoms with Crippen molar-refractivity contribution in [2.45, 2.75) is 110 Å². The van der Waals surface area contributed by atoms with Gasteiger partial charge in [0.1, 0.15) is 0 Å². The maximum Gasteiger partial charge on any atom is 0.232 e. The molecular weight excluding hydrogens is 536 g/mol. The molecule has 6 saturated carbocycles. The molecule has 0 N–H and O–H groups in total. The molecule has 0 aromatic rings. The monoisotopic (exact) mass is 590 g/mol. The molecule has 12 unspecified atom stereocenters. The predicted molar refractivity (Wildman–Crippen MR) is 163 cm³/mol. The molecule has 0 radical (unpaired) electrons. The summed E-state index contributed by atoms with van der Waals surface area (Å²) in [7, 11) is 1.71. The molecule has 0 aromatic carbocycles. The van der Waals surface area contributed by atoms with Crippen molar-refractivity contribution in [1.82, 2.24) is 9.80 Å². The van der Waals surface area contributed by atoms with Crippen LogP contribution < -0.4 is 0 Å². The number of carbonyl (C=O) groups is 4. The Hall–Kier alpha value is -1.72. The van der Waals surface area contributed by atoms with Gasteiger partial charge in [-0.25, -0.2) is 0 Å². The SMILES string of the molecule is CCCC1C(C)C(C)CCCC1N1C(=O)C2CCC3C4CCC5C(=O)N(C)C(=O)C6CCC(C7CCC(C1=O)C2C37)C4C56. The first-order valence-electron chi connectivity index (χ1n) is 18.4. The fraction of sp³-hybridized carbons (Fsp3) is 0.892. The standard InChI is InChI=1S/C37H54N2O4/c1-5-7-20-19(3)18(2)8-6-9-29(20)39-36(42)27-16-12-23-21-10-14-25-32-26(35(41)38(4)34(25)40)15-11-22(30(21)32)24-13-17-28(37(39)43)33(27)31(23)24/h18-33H,5-17H2,1-4H3. The summed E-state index contributed by atoms with van der Waals surface area (Å²) in [5.41, 5.74) is 0. The highest BCUT2D eigenvalue weighted by atomic mass is 16.2. The van der Waals surface area contributed by atoms with Gasteiger partial charge in [-0.1, -0.05) is 40.0 Å². The normalized spacial score (nSPS) is 52.4. The number of amides is 4.